The molecule has 0 bridgehead atoms. The molecule has 154 valence electrons. The van der Waals surface area contributed by atoms with Crippen molar-refractivity contribution in [3.05, 3.63) is 42.2 Å². The lowest BCUT2D eigenvalue weighted by Gasteiger charge is -2.48. The molecule has 3 nitrogen and oxygen atoms in total. The summed E-state index contributed by atoms with van der Waals surface area (Å²) >= 11 is 2.91. The minimum absolute atomic E-state index is 0.0339. The molecule has 1 heterocycles. The Kier molecular flexibility index (Phi) is 5.68. The standard InChI is InChI=1S/C23H27FN2OS2/c1-22(2)10-12-23(13-11-22)14-26(21(27)28-3)20(29-15-23)25-19-9-8-18(24)16-6-4-5-7-17(16)19/h4-9H,10-15H2,1-3H3. The number of nitrogens with zero attached hydrogens (tertiary/aromatic N) is 2. The molecule has 2 fully saturated rings. The molecule has 1 saturated carbocycles. The van der Waals surface area contributed by atoms with Gasteiger partial charge in [0.2, 0.25) is 0 Å². The van der Waals surface area contributed by atoms with Crippen LogP contribution in [-0.4, -0.2) is 33.9 Å². The number of hydrogen-bond donors (Lipinski definition) is 0. The summed E-state index contributed by atoms with van der Waals surface area (Å²) in [6, 6.07) is 10.5. The number of rotatable bonds is 1. The summed E-state index contributed by atoms with van der Waals surface area (Å²) in [7, 11) is 0. The lowest BCUT2D eigenvalue weighted by atomic mass is 9.65. The zero-order valence-corrected chi connectivity index (χ0v) is 18.8. The Hall–Kier alpha value is -1.53. The van der Waals surface area contributed by atoms with Gasteiger partial charge in [-0.05, 0) is 54.9 Å². The highest BCUT2D eigenvalue weighted by atomic mass is 32.2. The van der Waals surface area contributed by atoms with Crippen LogP contribution in [-0.2, 0) is 0 Å². The normalized spacial score (nSPS) is 22.3. The number of carbonyl (C=O) groups excluding carboxylic acids is 1. The van der Waals surface area contributed by atoms with E-state index in [1.807, 2.05) is 29.4 Å². The largest absolute Gasteiger partial charge is 0.287 e. The number of fused-ring (bicyclic) bond motifs is 1. The predicted molar refractivity (Wildman–Crippen MR) is 124 cm³/mol. The van der Waals surface area contributed by atoms with Crippen LogP contribution in [0, 0.1) is 16.6 Å². The van der Waals surface area contributed by atoms with Gasteiger partial charge < -0.3 is 0 Å². The molecule has 29 heavy (non-hydrogen) atoms. The van der Waals surface area contributed by atoms with Gasteiger partial charge >= 0.3 is 0 Å². The van der Waals surface area contributed by atoms with Gasteiger partial charge in [0.25, 0.3) is 5.24 Å². The second-order valence-electron chi connectivity index (χ2n) is 9.02. The molecule has 0 atom stereocenters. The average molecular weight is 431 g/mol. The van der Waals surface area contributed by atoms with Crippen molar-refractivity contribution in [1.82, 2.24) is 4.90 Å². The van der Waals surface area contributed by atoms with E-state index in [-0.39, 0.29) is 16.5 Å². The van der Waals surface area contributed by atoms with Crippen molar-refractivity contribution < 1.29 is 9.18 Å². The summed E-state index contributed by atoms with van der Waals surface area (Å²) in [5.41, 5.74) is 1.28. The maximum atomic E-state index is 14.2. The van der Waals surface area contributed by atoms with Gasteiger partial charge in [-0.2, -0.15) is 0 Å². The summed E-state index contributed by atoms with van der Waals surface area (Å²) in [6.07, 6.45) is 6.52. The van der Waals surface area contributed by atoms with Gasteiger partial charge in [-0.3, -0.25) is 9.69 Å². The fraction of sp³-hybridized carbons (Fsp3) is 0.478. The molecule has 2 aliphatic rings. The van der Waals surface area contributed by atoms with Gasteiger partial charge in [-0.1, -0.05) is 61.6 Å². The zero-order valence-electron chi connectivity index (χ0n) is 17.2. The summed E-state index contributed by atoms with van der Waals surface area (Å²) in [6.45, 7) is 5.41. The first-order chi connectivity index (χ1) is 13.8. The monoisotopic (exact) mass is 430 g/mol. The van der Waals surface area contributed by atoms with E-state index in [4.69, 9.17) is 4.99 Å². The van der Waals surface area contributed by atoms with E-state index in [0.717, 1.165) is 35.7 Å². The maximum absolute atomic E-state index is 14.2. The summed E-state index contributed by atoms with van der Waals surface area (Å²) in [5, 5.41) is 2.10. The number of halogens is 1. The van der Waals surface area contributed by atoms with Gasteiger partial charge in [-0.25, -0.2) is 9.38 Å². The average Bonchev–Trinajstić information content (AvgIpc) is 2.73. The Labute approximate surface area is 180 Å². The SMILES string of the molecule is CSC(=O)N1CC2(CCC(C)(C)CC2)CSC1=Nc1ccc(F)c2ccccc12. The van der Waals surface area contributed by atoms with Crippen LogP contribution in [0.1, 0.15) is 39.5 Å². The molecule has 2 aromatic rings. The van der Waals surface area contributed by atoms with E-state index in [1.54, 1.807) is 23.9 Å². The van der Waals surface area contributed by atoms with Gasteiger partial charge in [0, 0.05) is 23.1 Å². The first-order valence-electron chi connectivity index (χ1n) is 10.1. The molecule has 1 saturated heterocycles. The third kappa shape index (κ3) is 4.19. The molecule has 0 aromatic heterocycles. The number of hydrogen-bond acceptors (Lipinski definition) is 4. The van der Waals surface area contributed by atoms with Crippen molar-refractivity contribution in [3.63, 3.8) is 0 Å². The lowest BCUT2D eigenvalue weighted by molar-refractivity contribution is 0.104. The highest BCUT2D eigenvalue weighted by molar-refractivity contribution is 8.15. The molecule has 0 radical (unpaired) electrons. The fourth-order valence-electron chi connectivity index (χ4n) is 4.30. The number of carbonyl (C=O) groups is 1. The smallest absolute Gasteiger partial charge is 0.281 e. The third-order valence-corrected chi connectivity index (χ3v) is 8.25. The molecule has 0 N–H and O–H groups in total. The molecular weight excluding hydrogens is 403 g/mol. The van der Waals surface area contributed by atoms with Crippen LogP contribution in [0.5, 0.6) is 0 Å². The van der Waals surface area contributed by atoms with Gasteiger partial charge in [0.1, 0.15) is 5.82 Å². The Balaban J connectivity index is 1.68. The molecule has 1 aliphatic carbocycles. The van der Waals surface area contributed by atoms with Crippen molar-refractivity contribution in [2.45, 2.75) is 39.5 Å². The quantitative estimate of drug-likeness (QED) is 0.484. The van der Waals surface area contributed by atoms with Gasteiger partial charge in [0.15, 0.2) is 5.17 Å². The highest BCUT2D eigenvalue weighted by Gasteiger charge is 2.44. The molecule has 0 unspecified atom stereocenters. The van der Waals surface area contributed by atoms with E-state index in [9.17, 15) is 9.18 Å². The molecule has 1 amide bonds. The van der Waals surface area contributed by atoms with Crippen molar-refractivity contribution in [3.8, 4) is 0 Å². The summed E-state index contributed by atoms with van der Waals surface area (Å²) in [4.78, 5) is 19.5. The van der Waals surface area contributed by atoms with Crippen LogP contribution in [0.3, 0.4) is 0 Å². The van der Waals surface area contributed by atoms with E-state index in [0.29, 0.717) is 16.5 Å². The first kappa shape index (κ1) is 20.7. The fourth-order valence-corrected chi connectivity index (χ4v) is 6.01. The Bertz CT molecular complexity index is 963. The minimum atomic E-state index is -0.248. The second-order valence-corrected chi connectivity index (χ2v) is 10.7. The van der Waals surface area contributed by atoms with Crippen LogP contribution in [0.15, 0.2) is 41.4 Å². The van der Waals surface area contributed by atoms with E-state index in [1.165, 1.54) is 30.7 Å². The molecular formula is C23H27FN2OS2. The van der Waals surface area contributed by atoms with Crippen LogP contribution in [0.25, 0.3) is 10.8 Å². The van der Waals surface area contributed by atoms with E-state index in [2.05, 4.69) is 13.8 Å². The Morgan fingerprint density at radius 2 is 1.79 bits per heavy atom. The summed E-state index contributed by atoms with van der Waals surface area (Å²) in [5.74, 6) is 0.737. The number of aliphatic imine (C=N–C) groups is 1. The number of amides is 1. The number of benzene rings is 2. The zero-order chi connectivity index (χ0) is 20.6. The third-order valence-electron chi connectivity index (χ3n) is 6.36. The van der Waals surface area contributed by atoms with Crippen LogP contribution in [0.2, 0.25) is 0 Å². The van der Waals surface area contributed by atoms with E-state index >= 15 is 0 Å². The Morgan fingerprint density at radius 1 is 1.10 bits per heavy atom. The van der Waals surface area contributed by atoms with Crippen LogP contribution < -0.4 is 0 Å². The van der Waals surface area contributed by atoms with Gasteiger partial charge in [-0.15, -0.1) is 0 Å². The second kappa shape index (κ2) is 7.95. The molecule has 6 heteroatoms. The molecule has 4 rings (SSSR count). The molecule has 2 aromatic carbocycles. The number of thioether (sulfide) groups is 2. The summed E-state index contributed by atoms with van der Waals surface area (Å²) < 4.78 is 14.2. The van der Waals surface area contributed by atoms with Crippen molar-refractivity contribution >= 4 is 50.4 Å². The van der Waals surface area contributed by atoms with Gasteiger partial charge in [0.05, 0.1) is 5.69 Å². The topological polar surface area (TPSA) is 32.7 Å². The Morgan fingerprint density at radius 3 is 2.48 bits per heavy atom. The number of amidine groups is 1. The minimum Gasteiger partial charge on any atom is -0.281 e. The maximum Gasteiger partial charge on any atom is 0.287 e. The first-order valence-corrected chi connectivity index (χ1v) is 12.3. The van der Waals surface area contributed by atoms with Crippen molar-refractivity contribution in [1.29, 1.82) is 0 Å². The molecule has 1 spiro atoms. The van der Waals surface area contributed by atoms with Crippen LogP contribution in [0.4, 0.5) is 14.9 Å². The van der Waals surface area contributed by atoms with Crippen molar-refractivity contribution in [2.75, 3.05) is 18.6 Å². The predicted octanol–water partition coefficient (Wildman–Crippen LogP) is 7.08. The lowest BCUT2D eigenvalue weighted by Crippen LogP contribution is -2.50. The highest BCUT2D eigenvalue weighted by Crippen LogP contribution is 2.49. The van der Waals surface area contributed by atoms with E-state index < -0.39 is 0 Å². The van der Waals surface area contributed by atoms with Crippen molar-refractivity contribution in [2.24, 2.45) is 15.8 Å². The molecule has 1 aliphatic heterocycles. The van der Waals surface area contributed by atoms with Crippen LogP contribution >= 0.6 is 23.5 Å².